The van der Waals surface area contributed by atoms with Crippen LogP contribution in [0.5, 0.6) is 0 Å². The van der Waals surface area contributed by atoms with Crippen LogP contribution in [-0.2, 0) is 11.8 Å². The first-order valence-electron chi connectivity index (χ1n) is 8.82. The number of nitrogens with zero attached hydrogens (tertiary/aromatic N) is 5. The normalized spacial score (nSPS) is 23.8. The highest BCUT2D eigenvalue weighted by molar-refractivity contribution is 5.96. The minimum absolute atomic E-state index is 0.0487. The van der Waals surface area contributed by atoms with Gasteiger partial charge in [-0.05, 0) is 37.7 Å². The van der Waals surface area contributed by atoms with Crippen LogP contribution in [-0.4, -0.2) is 69.9 Å². The predicted molar refractivity (Wildman–Crippen MR) is 97.9 cm³/mol. The van der Waals surface area contributed by atoms with Crippen molar-refractivity contribution < 1.29 is 9.59 Å². The zero-order chi connectivity index (χ0) is 18.3. The van der Waals surface area contributed by atoms with Crippen molar-refractivity contribution in [2.24, 2.45) is 7.05 Å². The van der Waals surface area contributed by atoms with Crippen LogP contribution >= 0.6 is 0 Å². The van der Waals surface area contributed by atoms with Crippen molar-refractivity contribution in [3.05, 3.63) is 48.5 Å². The first kappa shape index (κ1) is 16.8. The summed E-state index contributed by atoms with van der Waals surface area (Å²) in [6, 6.07) is 7.48. The van der Waals surface area contributed by atoms with E-state index in [0.29, 0.717) is 31.9 Å². The molecule has 2 aliphatic heterocycles. The Balaban J connectivity index is 1.57. The molecule has 136 valence electrons. The fourth-order valence-corrected chi connectivity index (χ4v) is 4.02. The number of likely N-dealkylation sites (tertiary alicyclic amines) is 1. The highest BCUT2D eigenvalue weighted by atomic mass is 16.2. The van der Waals surface area contributed by atoms with Gasteiger partial charge in [0, 0.05) is 39.1 Å². The lowest BCUT2D eigenvalue weighted by Gasteiger charge is -2.46. The smallest absolute Gasteiger partial charge is 0.270 e. The van der Waals surface area contributed by atoms with E-state index in [9.17, 15) is 9.59 Å². The lowest BCUT2D eigenvalue weighted by Crippen LogP contribution is -2.64. The summed E-state index contributed by atoms with van der Waals surface area (Å²) in [4.78, 5) is 35.4. The Morgan fingerprint density at radius 3 is 2.73 bits per heavy atom. The number of piperazine rings is 1. The second kappa shape index (κ2) is 6.25. The van der Waals surface area contributed by atoms with Crippen LogP contribution in [0.15, 0.2) is 42.9 Å². The van der Waals surface area contributed by atoms with Crippen LogP contribution in [0.4, 0.5) is 5.69 Å². The molecule has 2 fully saturated rings. The fraction of sp³-hybridized carbons (Fsp3) is 0.421. The summed E-state index contributed by atoms with van der Waals surface area (Å²) < 4.78 is 1.85. The predicted octanol–water partition coefficient (Wildman–Crippen LogP) is 0.983. The molecule has 0 bridgehead atoms. The van der Waals surface area contributed by atoms with E-state index in [1.807, 2.05) is 58.9 Å². The summed E-state index contributed by atoms with van der Waals surface area (Å²) >= 11 is 0. The van der Waals surface area contributed by atoms with E-state index in [1.165, 1.54) is 0 Å². The summed E-state index contributed by atoms with van der Waals surface area (Å²) in [5.74, 6) is 0.117. The maximum absolute atomic E-state index is 12.9. The van der Waals surface area contributed by atoms with Crippen LogP contribution in [0.2, 0.25) is 0 Å². The molecule has 26 heavy (non-hydrogen) atoms. The standard InChI is InChI=1S/C19H23N5O2/c1-21-9-4-6-16(21)18(26)23-10-7-19(13-23)14-24(17(25)12-22(19)2)15-5-3-8-20-11-15/h3-6,8-9,11H,7,10,12-14H2,1-2H3/t19-/m1/s1. The Kier molecular flexibility index (Phi) is 4.03. The van der Waals surface area contributed by atoms with E-state index in [0.717, 1.165) is 12.1 Å². The van der Waals surface area contributed by atoms with Crippen molar-refractivity contribution in [1.29, 1.82) is 0 Å². The molecule has 1 spiro atoms. The molecule has 0 N–H and O–H groups in total. The maximum atomic E-state index is 12.9. The van der Waals surface area contributed by atoms with Gasteiger partial charge in [-0.1, -0.05) is 0 Å². The van der Waals surface area contributed by atoms with Gasteiger partial charge in [0.15, 0.2) is 0 Å². The molecule has 0 aromatic carbocycles. The number of amides is 2. The summed E-state index contributed by atoms with van der Waals surface area (Å²) in [5.41, 5.74) is 1.29. The van der Waals surface area contributed by atoms with Crippen LogP contribution in [0.1, 0.15) is 16.9 Å². The first-order valence-corrected chi connectivity index (χ1v) is 8.82. The number of pyridine rings is 1. The Morgan fingerprint density at radius 1 is 1.19 bits per heavy atom. The molecule has 0 unspecified atom stereocenters. The summed E-state index contributed by atoms with van der Waals surface area (Å²) in [6.45, 7) is 2.24. The second-order valence-corrected chi connectivity index (χ2v) is 7.25. The van der Waals surface area contributed by atoms with E-state index >= 15 is 0 Å². The average Bonchev–Trinajstić information content (AvgIpc) is 3.26. The number of carbonyl (C=O) groups is 2. The summed E-state index contributed by atoms with van der Waals surface area (Å²) in [7, 11) is 3.86. The van der Waals surface area contributed by atoms with Gasteiger partial charge in [0.05, 0.1) is 24.0 Å². The second-order valence-electron chi connectivity index (χ2n) is 7.25. The quantitative estimate of drug-likeness (QED) is 0.808. The van der Waals surface area contributed by atoms with Gasteiger partial charge in [-0.15, -0.1) is 0 Å². The third-order valence-electron chi connectivity index (χ3n) is 5.68. The van der Waals surface area contributed by atoms with E-state index in [1.54, 1.807) is 12.4 Å². The SMILES string of the molecule is CN1CC(=O)N(c2cccnc2)C[C@]12CCN(C(=O)c1cccn1C)C2. The van der Waals surface area contributed by atoms with Crippen molar-refractivity contribution in [3.63, 3.8) is 0 Å². The minimum atomic E-state index is -0.218. The summed E-state index contributed by atoms with van der Waals surface area (Å²) in [5, 5.41) is 0. The molecule has 2 aliphatic rings. The molecule has 2 amide bonds. The zero-order valence-electron chi connectivity index (χ0n) is 15.1. The number of aryl methyl sites for hydroxylation is 1. The van der Waals surface area contributed by atoms with Crippen molar-refractivity contribution in [1.82, 2.24) is 19.4 Å². The number of hydrogen-bond acceptors (Lipinski definition) is 4. The number of likely N-dealkylation sites (N-methyl/N-ethyl adjacent to an activating group) is 1. The van der Waals surface area contributed by atoms with Gasteiger partial charge in [-0.25, -0.2) is 0 Å². The topological polar surface area (TPSA) is 61.7 Å². The molecule has 2 aromatic heterocycles. The molecular weight excluding hydrogens is 330 g/mol. The lowest BCUT2D eigenvalue weighted by atomic mass is 9.92. The molecule has 7 heteroatoms. The van der Waals surface area contributed by atoms with Gasteiger partial charge in [0.2, 0.25) is 5.91 Å². The fourth-order valence-electron chi connectivity index (χ4n) is 4.02. The average molecular weight is 353 g/mol. The van der Waals surface area contributed by atoms with Crippen molar-refractivity contribution in [3.8, 4) is 0 Å². The van der Waals surface area contributed by atoms with Crippen molar-refractivity contribution in [2.75, 3.05) is 38.1 Å². The van der Waals surface area contributed by atoms with Crippen molar-refractivity contribution >= 4 is 17.5 Å². The Morgan fingerprint density at radius 2 is 2.04 bits per heavy atom. The van der Waals surface area contributed by atoms with Gasteiger partial charge in [0.25, 0.3) is 5.91 Å². The molecule has 7 nitrogen and oxygen atoms in total. The van der Waals surface area contributed by atoms with E-state index in [-0.39, 0.29) is 17.4 Å². The molecule has 4 rings (SSSR count). The number of aromatic nitrogens is 2. The van der Waals surface area contributed by atoms with Gasteiger partial charge in [-0.2, -0.15) is 0 Å². The number of anilines is 1. The molecule has 0 radical (unpaired) electrons. The lowest BCUT2D eigenvalue weighted by molar-refractivity contribution is -0.123. The highest BCUT2D eigenvalue weighted by Crippen LogP contribution is 2.33. The molecule has 1 atom stereocenters. The maximum Gasteiger partial charge on any atom is 0.270 e. The van der Waals surface area contributed by atoms with Gasteiger partial charge < -0.3 is 14.4 Å². The Bertz CT molecular complexity index is 833. The minimum Gasteiger partial charge on any atom is -0.347 e. The molecule has 2 aromatic rings. The van der Waals surface area contributed by atoms with Gasteiger partial charge in [-0.3, -0.25) is 19.5 Å². The van der Waals surface area contributed by atoms with Crippen LogP contribution in [0.25, 0.3) is 0 Å². The first-order chi connectivity index (χ1) is 12.5. The number of carbonyl (C=O) groups excluding carboxylic acids is 2. The third kappa shape index (κ3) is 2.68. The van der Waals surface area contributed by atoms with Gasteiger partial charge in [0.1, 0.15) is 5.69 Å². The molecule has 0 saturated carbocycles. The third-order valence-corrected chi connectivity index (χ3v) is 5.68. The van der Waals surface area contributed by atoms with Gasteiger partial charge >= 0.3 is 0 Å². The molecular formula is C19H23N5O2. The highest BCUT2D eigenvalue weighted by Gasteiger charge is 2.48. The van der Waals surface area contributed by atoms with Crippen LogP contribution in [0.3, 0.4) is 0 Å². The number of hydrogen-bond donors (Lipinski definition) is 0. The van der Waals surface area contributed by atoms with E-state index < -0.39 is 0 Å². The Hall–Kier alpha value is -2.67. The van der Waals surface area contributed by atoms with Crippen LogP contribution < -0.4 is 4.90 Å². The molecule has 2 saturated heterocycles. The number of rotatable bonds is 2. The van der Waals surface area contributed by atoms with E-state index in [4.69, 9.17) is 0 Å². The zero-order valence-corrected chi connectivity index (χ0v) is 15.1. The largest absolute Gasteiger partial charge is 0.347 e. The molecule has 0 aliphatic carbocycles. The van der Waals surface area contributed by atoms with Crippen LogP contribution in [0, 0.1) is 0 Å². The Labute approximate surface area is 152 Å². The van der Waals surface area contributed by atoms with Crippen molar-refractivity contribution in [2.45, 2.75) is 12.0 Å². The molecule has 4 heterocycles. The monoisotopic (exact) mass is 353 g/mol. The van der Waals surface area contributed by atoms with E-state index in [2.05, 4.69) is 9.88 Å². The summed E-state index contributed by atoms with van der Waals surface area (Å²) in [6.07, 6.45) is 6.16.